The summed E-state index contributed by atoms with van der Waals surface area (Å²) in [6.45, 7) is 35.3. The van der Waals surface area contributed by atoms with E-state index in [1.807, 2.05) is 55.3 Å². The first-order valence-corrected chi connectivity index (χ1v) is 27.6. The van der Waals surface area contributed by atoms with Crippen molar-refractivity contribution in [2.75, 3.05) is 9.80 Å². The number of hydrogen-bond acceptors (Lipinski definition) is 4. The van der Waals surface area contributed by atoms with E-state index in [1.54, 1.807) is 0 Å². The molecule has 0 saturated carbocycles. The summed E-state index contributed by atoms with van der Waals surface area (Å²) < 4.78 is 54.2. The second-order valence-corrected chi connectivity index (χ2v) is 26.5. The third-order valence-corrected chi connectivity index (χ3v) is 15.4. The Morgan fingerprint density at radius 1 is 0.463 bits per heavy atom. The number of ether oxygens (including phenoxy) is 1. The van der Waals surface area contributed by atoms with Crippen molar-refractivity contribution < 1.29 is 32.7 Å². The average Bonchev–Trinajstić information content (AvgIpc) is 1.83. The summed E-state index contributed by atoms with van der Waals surface area (Å²) in [5, 5.41) is 2.11. The maximum atomic E-state index is 9.40. The first kappa shape index (κ1) is 49.8. The number of pyridine rings is 1. The van der Waals surface area contributed by atoms with E-state index in [-0.39, 0.29) is 77.9 Å². The molecule has 5 nitrogen and oxygen atoms in total. The molecule has 8 aromatic carbocycles. The van der Waals surface area contributed by atoms with E-state index >= 15 is 0 Å². The molecule has 2 aromatic heterocycles. The van der Waals surface area contributed by atoms with Crippen LogP contribution in [0, 0.1) is 18.8 Å². The first-order valence-electron chi connectivity index (χ1n) is 30.1. The third kappa shape index (κ3) is 10.9. The van der Waals surface area contributed by atoms with Gasteiger partial charge < -0.3 is 19.1 Å². The Balaban J connectivity index is 0.00000803. The predicted octanol–water partition coefficient (Wildman–Crippen LogP) is 20.5. The molecule has 0 unspecified atom stereocenters. The molecule has 11 rings (SSSR count). The molecule has 0 amide bonds. The zero-order valence-corrected chi connectivity index (χ0v) is 51.2. The molecule has 0 saturated heterocycles. The van der Waals surface area contributed by atoms with E-state index in [4.69, 9.17) is 13.8 Å². The normalized spacial score (nSPS) is 14.1. The van der Waals surface area contributed by atoms with Crippen molar-refractivity contribution in [1.29, 1.82) is 0 Å². The fourth-order valence-corrected chi connectivity index (χ4v) is 10.6. The molecule has 410 valence electrons. The summed E-state index contributed by atoms with van der Waals surface area (Å²) in [7, 11) is 0. The van der Waals surface area contributed by atoms with Crippen LogP contribution in [0.5, 0.6) is 11.5 Å². The van der Waals surface area contributed by atoms with Gasteiger partial charge in [-0.1, -0.05) is 206 Å². The van der Waals surface area contributed by atoms with Crippen LogP contribution in [0.15, 0.2) is 176 Å². The van der Waals surface area contributed by atoms with Gasteiger partial charge in [0.15, 0.2) is 0 Å². The Bertz CT molecular complexity index is 4200. The van der Waals surface area contributed by atoms with Gasteiger partial charge in [-0.25, -0.2) is 4.98 Å². The summed E-state index contributed by atoms with van der Waals surface area (Å²) in [6, 6.07) is 54.5. The number of aromatic nitrogens is 2. The second-order valence-electron chi connectivity index (χ2n) is 26.5. The molecule has 0 N–H and O–H groups in total. The number of benzene rings is 8. The molecule has 0 aliphatic carbocycles. The van der Waals surface area contributed by atoms with Crippen LogP contribution in [0.4, 0.5) is 22.7 Å². The van der Waals surface area contributed by atoms with Crippen molar-refractivity contribution in [2.24, 2.45) is 0 Å². The van der Waals surface area contributed by atoms with Crippen LogP contribution in [-0.4, -0.2) is 9.55 Å². The van der Waals surface area contributed by atoms with E-state index in [2.05, 4.69) is 227 Å². The van der Waals surface area contributed by atoms with Crippen LogP contribution in [0.25, 0.3) is 61.0 Å². The van der Waals surface area contributed by atoms with Crippen LogP contribution in [0.1, 0.15) is 139 Å². The Morgan fingerprint density at radius 2 is 1.04 bits per heavy atom. The number of anilines is 4. The fourth-order valence-electron chi connectivity index (χ4n) is 10.6. The number of hydrogen-bond donors (Lipinski definition) is 0. The number of rotatable bonds is 8. The van der Waals surface area contributed by atoms with Crippen LogP contribution < -0.4 is 14.5 Å². The van der Waals surface area contributed by atoms with Gasteiger partial charge in [-0.05, 0) is 125 Å². The smallest absolute Gasteiger partial charge is 0.135 e. The maximum absolute atomic E-state index is 9.40. The van der Waals surface area contributed by atoms with Gasteiger partial charge in [-0.2, -0.15) is 12.1 Å². The Hall–Kier alpha value is -7.20. The molecular weight excluding hydrogens is 1160 g/mol. The van der Waals surface area contributed by atoms with Crippen molar-refractivity contribution in [3.63, 3.8) is 0 Å². The van der Waals surface area contributed by atoms with Crippen LogP contribution in [0.2, 0.25) is 0 Å². The van der Waals surface area contributed by atoms with Crippen molar-refractivity contribution in [3.8, 4) is 50.7 Å². The van der Waals surface area contributed by atoms with Crippen molar-refractivity contribution in [2.45, 2.75) is 131 Å². The summed E-state index contributed by atoms with van der Waals surface area (Å²) in [5.74, 6) is 1.78. The van der Waals surface area contributed by atoms with Crippen LogP contribution >= 0.6 is 0 Å². The van der Waals surface area contributed by atoms with E-state index in [0.717, 1.165) is 66.8 Å². The fraction of sp³-hybridized carbons (Fsp3) is 0.270. The van der Waals surface area contributed by atoms with Crippen LogP contribution in [-0.2, 0) is 48.1 Å². The van der Waals surface area contributed by atoms with Gasteiger partial charge in [-0.15, -0.1) is 48.1 Å². The molecule has 0 spiro atoms. The van der Waals surface area contributed by atoms with E-state index in [1.165, 1.54) is 22.3 Å². The van der Waals surface area contributed by atoms with Gasteiger partial charge in [0, 0.05) is 72.5 Å². The van der Waals surface area contributed by atoms with Gasteiger partial charge in [0.2, 0.25) is 0 Å². The molecule has 10 aromatic rings. The summed E-state index contributed by atoms with van der Waals surface area (Å²) in [4.78, 5) is 9.17. The number of para-hydroxylation sites is 2. The average molecular weight is 1240 g/mol. The predicted molar refractivity (Wildman–Crippen MR) is 334 cm³/mol. The summed E-state index contributed by atoms with van der Waals surface area (Å²) in [5.41, 5.74) is 14.8. The quantitative estimate of drug-likeness (QED) is 0.142. The topological polar surface area (TPSA) is 33.5 Å². The van der Waals surface area contributed by atoms with Gasteiger partial charge in [0.25, 0.3) is 0 Å². The molecule has 0 radical (unpaired) electrons. The molecule has 0 fully saturated rings. The minimum atomic E-state index is -0.438. The van der Waals surface area contributed by atoms with E-state index < -0.39 is 6.04 Å². The Kier molecular flexibility index (Phi) is 12.9. The van der Waals surface area contributed by atoms with Gasteiger partial charge in [0.05, 0.1) is 6.85 Å². The molecule has 3 heterocycles. The summed E-state index contributed by atoms with van der Waals surface area (Å²) >= 11 is 0. The van der Waals surface area contributed by atoms with Crippen molar-refractivity contribution in [1.82, 2.24) is 9.55 Å². The molecule has 0 atom stereocenters. The SMILES string of the molecule is [2H]c1c([2H])c([2H])c(-c2cc(C(C)(C)C)cc(-c3cccc(C(C)(C)C)c3)c2N2[CH-]N(c3[c-]c(Oc4[c-]c5c(cc4)c4cc(-c6cc(C(C)(C)C)cc(C(C)(C)C)c6)ccc4n5-c4cc(C(C)(C)C)ccn4)ccc3)c3ccccc32)c([2H])c1[2H].[Pt]. The van der Waals surface area contributed by atoms with Crippen LogP contribution in [0.3, 0.4) is 0 Å². The number of fused-ring (bicyclic) bond motifs is 4. The van der Waals surface area contributed by atoms with Gasteiger partial charge in [0.1, 0.15) is 5.82 Å². The first-order chi connectivity index (χ1) is 39.4. The minimum absolute atomic E-state index is 0. The molecular formula is C74H75N4OPt-3. The molecule has 1 aliphatic heterocycles. The van der Waals surface area contributed by atoms with Gasteiger partial charge >= 0.3 is 0 Å². The molecule has 0 bridgehead atoms. The van der Waals surface area contributed by atoms with E-state index in [0.29, 0.717) is 28.4 Å². The maximum Gasteiger partial charge on any atom is 0.135 e. The number of nitrogens with zero attached hydrogens (tertiary/aromatic N) is 4. The Labute approximate surface area is 498 Å². The van der Waals surface area contributed by atoms with Crippen molar-refractivity contribution in [3.05, 3.63) is 223 Å². The molecule has 80 heavy (non-hydrogen) atoms. The third-order valence-electron chi connectivity index (χ3n) is 15.4. The molecule has 6 heteroatoms. The zero-order chi connectivity index (χ0) is 60.3. The zero-order valence-electron chi connectivity index (χ0n) is 53.9. The standard InChI is InChI=1S/C74H75N4O.Pt/c1-70(2,3)52-26-21-25-50(37-52)62-43-56(74(13,14)15)42-61(48-23-17-16-18-24-48)69(62)77-47-76(65-29-19-20-30-66(65)77)57-27-22-28-58(45-57)79-59-32-33-60-63-40-49(51-38-54(72(7,8)9)41-55(39-51)73(10,11)12)31-34-64(63)78(67(60)46-59)68-44-53(35-36-75-68)71(4,5)6;/h16-44,47H,1-15H3;/q-3;/i16D,17D,18D,23D,24D;. The molecule has 1 aliphatic rings. The van der Waals surface area contributed by atoms with Gasteiger partial charge in [-0.3, -0.25) is 0 Å². The minimum Gasteiger partial charge on any atom is -0.509 e. The van der Waals surface area contributed by atoms with Crippen molar-refractivity contribution >= 4 is 44.6 Å². The Morgan fingerprint density at radius 3 is 1.69 bits per heavy atom. The van der Waals surface area contributed by atoms with E-state index in [9.17, 15) is 2.74 Å². The second kappa shape index (κ2) is 20.7. The monoisotopic (exact) mass is 1240 g/mol. The summed E-state index contributed by atoms with van der Waals surface area (Å²) in [6.07, 6.45) is 1.90. The largest absolute Gasteiger partial charge is 0.509 e.